The van der Waals surface area contributed by atoms with Gasteiger partial charge >= 0.3 is 0 Å². The summed E-state index contributed by atoms with van der Waals surface area (Å²) in [6, 6.07) is 5.96. The first kappa shape index (κ1) is 15.9. The molecule has 21 heavy (non-hydrogen) atoms. The maximum absolute atomic E-state index is 12.5. The summed E-state index contributed by atoms with van der Waals surface area (Å²) in [7, 11) is -3.57. The van der Waals surface area contributed by atoms with Crippen LogP contribution in [-0.2, 0) is 15.8 Å². The molecule has 0 amide bonds. The maximum Gasteiger partial charge on any atom is 0.273 e. The van der Waals surface area contributed by atoms with Gasteiger partial charge in [0.15, 0.2) is 0 Å². The first-order valence-electron chi connectivity index (χ1n) is 6.66. The van der Waals surface area contributed by atoms with Crippen LogP contribution in [0.25, 0.3) is 0 Å². The highest BCUT2D eigenvalue weighted by Gasteiger charge is 2.33. The quantitative estimate of drug-likeness (QED) is 0.664. The van der Waals surface area contributed by atoms with Crippen molar-refractivity contribution < 1.29 is 13.3 Å². The number of rotatable bonds is 4. The summed E-state index contributed by atoms with van der Waals surface area (Å²) in [6.07, 6.45) is 0. The minimum Gasteiger partial charge on any atom is -0.309 e. The Balaban J connectivity index is 2.24. The van der Waals surface area contributed by atoms with Crippen LogP contribution >= 0.6 is 0 Å². The van der Waals surface area contributed by atoms with E-state index in [1.807, 2.05) is 13.8 Å². The molecule has 1 heterocycles. The summed E-state index contributed by atoms with van der Waals surface area (Å²) in [4.78, 5) is 10.4. The van der Waals surface area contributed by atoms with E-state index in [-0.39, 0.29) is 22.5 Å². The number of sulfonamides is 1. The molecular formula is C13H19N3O4S. The van der Waals surface area contributed by atoms with Crippen molar-refractivity contribution in [1.29, 1.82) is 0 Å². The number of para-hydroxylation sites is 1. The number of nitrogens with one attached hydrogen (secondary N) is 1. The van der Waals surface area contributed by atoms with Gasteiger partial charge in [0.25, 0.3) is 5.69 Å². The Morgan fingerprint density at radius 3 is 2.67 bits per heavy atom. The SMILES string of the molecule is CC1(C)CN(S(=O)(=O)Cc2ccccc2[N+](=O)[O-])CCN1. The van der Waals surface area contributed by atoms with Crippen molar-refractivity contribution in [3.8, 4) is 0 Å². The molecule has 0 spiro atoms. The van der Waals surface area contributed by atoms with E-state index in [1.54, 1.807) is 6.07 Å². The van der Waals surface area contributed by atoms with Crippen molar-refractivity contribution in [1.82, 2.24) is 9.62 Å². The Bertz CT molecular complexity index is 643. The van der Waals surface area contributed by atoms with Gasteiger partial charge in [0.05, 0.1) is 10.7 Å². The number of hydrogen-bond acceptors (Lipinski definition) is 5. The van der Waals surface area contributed by atoms with Crippen molar-refractivity contribution in [2.24, 2.45) is 0 Å². The van der Waals surface area contributed by atoms with Gasteiger partial charge in [-0.2, -0.15) is 4.31 Å². The molecule has 0 bridgehead atoms. The molecule has 2 rings (SSSR count). The van der Waals surface area contributed by atoms with Gasteiger partial charge in [-0.25, -0.2) is 8.42 Å². The van der Waals surface area contributed by atoms with Crippen molar-refractivity contribution in [2.75, 3.05) is 19.6 Å². The van der Waals surface area contributed by atoms with E-state index in [0.717, 1.165) is 0 Å². The number of nitro groups is 1. The largest absolute Gasteiger partial charge is 0.309 e. The zero-order chi connectivity index (χ0) is 15.7. The summed E-state index contributed by atoms with van der Waals surface area (Å²) in [5.41, 5.74) is -0.234. The molecule has 0 radical (unpaired) electrons. The predicted molar refractivity (Wildman–Crippen MR) is 79.4 cm³/mol. The molecule has 1 fully saturated rings. The van der Waals surface area contributed by atoms with Crippen LogP contribution in [0.2, 0.25) is 0 Å². The second-order valence-electron chi connectivity index (χ2n) is 5.79. The standard InChI is InChI=1S/C13H19N3O4S/c1-13(2)10-15(8-7-14-13)21(19,20)9-11-5-3-4-6-12(11)16(17)18/h3-6,14H,7-10H2,1-2H3. The van der Waals surface area contributed by atoms with E-state index in [9.17, 15) is 18.5 Å². The zero-order valence-corrected chi connectivity index (χ0v) is 12.9. The fourth-order valence-electron chi connectivity index (χ4n) is 2.43. The lowest BCUT2D eigenvalue weighted by Gasteiger charge is -2.38. The number of piperazine rings is 1. The molecule has 0 aliphatic carbocycles. The first-order chi connectivity index (χ1) is 9.71. The monoisotopic (exact) mass is 313 g/mol. The molecule has 0 atom stereocenters. The smallest absolute Gasteiger partial charge is 0.273 e. The van der Waals surface area contributed by atoms with E-state index in [2.05, 4.69) is 5.32 Å². The van der Waals surface area contributed by atoms with Crippen LogP contribution in [0.4, 0.5) is 5.69 Å². The van der Waals surface area contributed by atoms with Gasteiger partial charge < -0.3 is 5.32 Å². The van der Waals surface area contributed by atoms with Crippen LogP contribution in [0.1, 0.15) is 19.4 Å². The second-order valence-corrected chi connectivity index (χ2v) is 7.76. The number of benzene rings is 1. The van der Waals surface area contributed by atoms with E-state index in [1.165, 1.54) is 22.5 Å². The molecule has 8 heteroatoms. The molecule has 1 aliphatic rings. The third-order valence-corrected chi connectivity index (χ3v) is 5.23. The van der Waals surface area contributed by atoms with Gasteiger partial charge in [0.1, 0.15) is 0 Å². The summed E-state index contributed by atoms with van der Waals surface area (Å²) < 4.78 is 26.4. The normalized spacial score (nSPS) is 19.3. The van der Waals surface area contributed by atoms with Crippen molar-refractivity contribution in [3.63, 3.8) is 0 Å². The molecule has 7 nitrogen and oxygen atoms in total. The Morgan fingerprint density at radius 1 is 1.38 bits per heavy atom. The molecule has 1 N–H and O–H groups in total. The molecule has 0 saturated carbocycles. The predicted octanol–water partition coefficient (Wildman–Crippen LogP) is 1.11. The number of nitrogens with zero attached hydrogens (tertiary/aromatic N) is 2. The van der Waals surface area contributed by atoms with Crippen molar-refractivity contribution >= 4 is 15.7 Å². The van der Waals surface area contributed by atoms with Gasteiger partial charge in [0, 0.05) is 36.8 Å². The minimum absolute atomic E-state index is 0.157. The third kappa shape index (κ3) is 3.78. The van der Waals surface area contributed by atoms with E-state index >= 15 is 0 Å². The number of nitro benzene ring substituents is 1. The summed E-state index contributed by atoms with van der Waals surface area (Å²) in [5, 5.41) is 14.2. The van der Waals surface area contributed by atoms with E-state index < -0.39 is 14.9 Å². The Kier molecular flexibility index (Phi) is 4.31. The van der Waals surface area contributed by atoms with Gasteiger partial charge in [-0.3, -0.25) is 10.1 Å². The van der Waals surface area contributed by atoms with Crippen molar-refractivity contribution in [3.05, 3.63) is 39.9 Å². The third-order valence-electron chi connectivity index (χ3n) is 3.46. The summed E-state index contributed by atoms with van der Waals surface area (Å²) in [5.74, 6) is -0.347. The first-order valence-corrected chi connectivity index (χ1v) is 8.27. The highest BCUT2D eigenvalue weighted by molar-refractivity contribution is 7.88. The van der Waals surface area contributed by atoms with Crippen LogP contribution in [0.3, 0.4) is 0 Å². The van der Waals surface area contributed by atoms with Gasteiger partial charge in [-0.05, 0) is 13.8 Å². The van der Waals surface area contributed by atoms with Crippen LogP contribution in [0, 0.1) is 10.1 Å². The van der Waals surface area contributed by atoms with Crippen LogP contribution in [-0.4, -0.2) is 42.8 Å². The van der Waals surface area contributed by atoms with Gasteiger partial charge in [0.2, 0.25) is 10.0 Å². The zero-order valence-electron chi connectivity index (χ0n) is 12.1. The topological polar surface area (TPSA) is 92.5 Å². The fraction of sp³-hybridized carbons (Fsp3) is 0.538. The Hall–Kier alpha value is -1.51. The minimum atomic E-state index is -3.57. The van der Waals surface area contributed by atoms with Crippen molar-refractivity contribution in [2.45, 2.75) is 25.1 Å². The molecule has 1 saturated heterocycles. The summed E-state index contributed by atoms with van der Waals surface area (Å²) in [6.45, 7) is 5.17. The fourth-order valence-corrected chi connectivity index (χ4v) is 4.14. The maximum atomic E-state index is 12.5. The highest BCUT2D eigenvalue weighted by atomic mass is 32.2. The molecule has 0 unspecified atom stereocenters. The Labute approximate surface area is 124 Å². The van der Waals surface area contributed by atoms with Gasteiger partial charge in [-0.1, -0.05) is 18.2 Å². The van der Waals surface area contributed by atoms with Crippen LogP contribution in [0.15, 0.2) is 24.3 Å². The molecule has 1 aromatic carbocycles. The Morgan fingerprint density at radius 2 is 2.05 bits per heavy atom. The molecule has 1 aliphatic heterocycles. The van der Waals surface area contributed by atoms with Gasteiger partial charge in [-0.15, -0.1) is 0 Å². The molecular weight excluding hydrogens is 294 g/mol. The lowest BCUT2D eigenvalue weighted by Crippen LogP contribution is -2.58. The highest BCUT2D eigenvalue weighted by Crippen LogP contribution is 2.23. The van der Waals surface area contributed by atoms with Crippen LogP contribution in [0.5, 0.6) is 0 Å². The van der Waals surface area contributed by atoms with E-state index in [0.29, 0.717) is 19.6 Å². The second kappa shape index (κ2) is 5.70. The average molecular weight is 313 g/mol. The molecule has 116 valence electrons. The molecule has 0 aromatic heterocycles. The van der Waals surface area contributed by atoms with E-state index in [4.69, 9.17) is 0 Å². The summed E-state index contributed by atoms with van der Waals surface area (Å²) >= 11 is 0. The lowest BCUT2D eigenvalue weighted by molar-refractivity contribution is -0.385. The number of hydrogen-bond donors (Lipinski definition) is 1. The van der Waals surface area contributed by atoms with Crippen LogP contribution < -0.4 is 5.32 Å². The lowest BCUT2D eigenvalue weighted by atomic mass is 10.0. The molecule has 1 aromatic rings. The average Bonchev–Trinajstić information content (AvgIpc) is 2.37.